The fourth-order valence-corrected chi connectivity index (χ4v) is 3.09. The third-order valence-electron chi connectivity index (χ3n) is 4.49. The molecule has 0 saturated carbocycles. The third-order valence-corrected chi connectivity index (χ3v) is 4.49. The number of hydrogen-bond donors (Lipinski definition) is 1. The lowest BCUT2D eigenvalue weighted by atomic mass is 10.1. The molecule has 0 bridgehead atoms. The summed E-state index contributed by atoms with van der Waals surface area (Å²) in [6.07, 6.45) is 15.8. The molecule has 0 amide bonds. The molecule has 0 radical (unpaired) electrons. The highest BCUT2D eigenvalue weighted by molar-refractivity contribution is 5.90. The van der Waals surface area contributed by atoms with Crippen LogP contribution in [0.5, 0.6) is 0 Å². The number of unbranched alkanes of at least 4 members (excludes halogenated alkanes) is 9. The van der Waals surface area contributed by atoms with E-state index in [2.05, 4.69) is 41.5 Å². The summed E-state index contributed by atoms with van der Waals surface area (Å²) in [5.74, 6) is 0. The standard InChI is InChI=1S/C21H32N2/c1-2-3-4-5-6-7-8-9-10-13-17-22-21-16-18-23-20-15-12-11-14-19(20)21/h11-12,14-16,18H,2-10,13,17H2,1H3,(H,22,23). The molecule has 0 saturated heterocycles. The minimum absolute atomic E-state index is 1.06. The van der Waals surface area contributed by atoms with Crippen molar-refractivity contribution < 1.29 is 0 Å². The van der Waals surface area contributed by atoms with Crippen LogP contribution < -0.4 is 5.32 Å². The van der Waals surface area contributed by atoms with Crippen molar-refractivity contribution >= 4 is 16.6 Å². The molecule has 0 fully saturated rings. The average Bonchev–Trinajstić information content (AvgIpc) is 2.60. The summed E-state index contributed by atoms with van der Waals surface area (Å²) in [6.45, 7) is 3.34. The van der Waals surface area contributed by atoms with Crippen LogP contribution in [0.3, 0.4) is 0 Å². The van der Waals surface area contributed by atoms with Gasteiger partial charge in [0.1, 0.15) is 0 Å². The zero-order valence-electron chi connectivity index (χ0n) is 14.7. The lowest BCUT2D eigenvalue weighted by molar-refractivity contribution is 0.560. The maximum atomic E-state index is 4.41. The molecule has 23 heavy (non-hydrogen) atoms. The van der Waals surface area contributed by atoms with Crippen LogP contribution >= 0.6 is 0 Å². The Morgan fingerprint density at radius 1 is 0.783 bits per heavy atom. The molecular weight excluding hydrogens is 280 g/mol. The van der Waals surface area contributed by atoms with E-state index in [0.29, 0.717) is 0 Å². The van der Waals surface area contributed by atoms with Crippen LogP contribution in [0.1, 0.15) is 71.1 Å². The van der Waals surface area contributed by atoms with Crippen LogP contribution in [0.25, 0.3) is 10.9 Å². The van der Waals surface area contributed by atoms with E-state index < -0.39 is 0 Å². The van der Waals surface area contributed by atoms with Crippen molar-refractivity contribution in [2.45, 2.75) is 71.1 Å². The predicted molar refractivity (Wildman–Crippen MR) is 102 cm³/mol. The van der Waals surface area contributed by atoms with Crippen LogP contribution in [0.2, 0.25) is 0 Å². The summed E-state index contributed by atoms with van der Waals surface area (Å²) in [4.78, 5) is 4.41. The van der Waals surface area contributed by atoms with Gasteiger partial charge in [0.25, 0.3) is 0 Å². The van der Waals surface area contributed by atoms with Gasteiger partial charge in [-0.3, -0.25) is 4.98 Å². The molecule has 2 aromatic rings. The number of benzene rings is 1. The Hall–Kier alpha value is -1.57. The van der Waals surface area contributed by atoms with Crippen molar-refractivity contribution in [1.29, 1.82) is 0 Å². The van der Waals surface area contributed by atoms with Gasteiger partial charge < -0.3 is 5.32 Å². The predicted octanol–water partition coefficient (Wildman–Crippen LogP) is 6.57. The molecule has 1 N–H and O–H groups in total. The summed E-state index contributed by atoms with van der Waals surface area (Å²) in [6, 6.07) is 10.4. The van der Waals surface area contributed by atoms with E-state index in [0.717, 1.165) is 12.1 Å². The Bertz CT molecular complexity index is 545. The van der Waals surface area contributed by atoms with E-state index >= 15 is 0 Å². The van der Waals surface area contributed by atoms with E-state index in [1.807, 2.05) is 12.3 Å². The molecule has 0 atom stereocenters. The van der Waals surface area contributed by atoms with E-state index in [1.165, 1.54) is 75.3 Å². The number of anilines is 1. The number of aromatic nitrogens is 1. The molecule has 126 valence electrons. The Morgan fingerprint density at radius 2 is 1.43 bits per heavy atom. The van der Waals surface area contributed by atoms with Gasteiger partial charge in [-0.25, -0.2) is 0 Å². The summed E-state index contributed by atoms with van der Waals surface area (Å²) < 4.78 is 0. The van der Waals surface area contributed by atoms with Crippen LogP contribution in [0, 0.1) is 0 Å². The highest BCUT2D eigenvalue weighted by Gasteiger charge is 2.00. The van der Waals surface area contributed by atoms with Gasteiger partial charge in [-0.15, -0.1) is 0 Å². The largest absolute Gasteiger partial charge is 0.384 e. The van der Waals surface area contributed by atoms with E-state index in [-0.39, 0.29) is 0 Å². The molecule has 0 unspecified atom stereocenters. The molecule has 1 aromatic heterocycles. The maximum absolute atomic E-state index is 4.41. The van der Waals surface area contributed by atoms with E-state index in [1.54, 1.807) is 0 Å². The third kappa shape index (κ3) is 6.60. The number of fused-ring (bicyclic) bond motifs is 1. The summed E-state index contributed by atoms with van der Waals surface area (Å²) in [7, 11) is 0. The van der Waals surface area contributed by atoms with Crippen LogP contribution in [0.15, 0.2) is 36.5 Å². The van der Waals surface area contributed by atoms with Crippen molar-refractivity contribution in [3.8, 4) is 0 Å². The van der Waals surface area contributed by atoms with Gasteiger partial charge in [0.2, 0.25) is 0 Å². The highest BCUT2D eigenvalue weighted by atomic mass is 14.9. The molecule has 2 nitrogen and oxygen atoms in total. The van der Waals surface area contributed by atoms with Crippen molar-refractivity contribution in [2.24, 2.45) is 0 Å². The number of hydrogen-bond acceptors (Lipinski definition) is 2. The Morgan fingerprint density at radius 3 is 2.17 bits per heavy atom. The second-order valence-electron chi connectivity index (χ2n) is 6.48. The molecule has 1 heterocycles. The quantitative estimate of drug-likeness (QED) is 0.448. The van der Waals surface area contributed by atoms with Gasteiger partial charge in [0.15, 0.2) is 0 Å². The van der Waals surface area contributed by atoms with Gasteiger partial charge in [0, 0.05) is 23.8 Å². The first-order valence-electron chi connectivity index (χ1n) is 9.49. The highest BCUT2D eigenvalue weighted by Crippen LogP contribution is 2.21. The molecule has 0 aliphatic rings. The minimum atomic E-state index is 1.06. The zero-order chi connectivity index (χ0) is 16.2. The van der Waals surface area contributed by atoms with Gasteiger partial charge in [-0.2, -0.15) is 0 Å². The zero-order valence-corrected chi connectivity index (χ0v) is 14.7. The second-order valence-corrected chi connectivity index (χ2v) is 6.48. The maximum Gasteiger partial charge on any atom is 0.0722 e. The number of nitrogens with one attached hydrogen (secondary N) is 1. The van der Waals surface area contributed by atoms with Crippen molar-refractivity contribution in [3.05, 3.63) is 36.5 Å². The van der Waals surface area contributed by atoms with Crippen molar-refractivity contribution in [1.82, 2.24) is 4.98 Å². The average molecular weight is 313 g/mol. The Labute approximate surface area is 141 Å². The molecule has 0 aliphatic carbocycles. The lowest BCUT2D eigenvalue weighted by Gasteiger charge is -2.09. The molecule has 0 spiro atoms. The van der Waals surface area contributed by atoms with Crippen molar-refractivity contribution in [3.63, 3.8) is 0 Å². The first-order valence-corrected chi connectivity index (χ1v) is 9.49. The molecule has 0 aliphatic heterocycles. The summed E-state index contributed by atoms with van der Waals surface area (Å²) >= 11 is 0. The lowest BCUT2D eigenvalue weighted by Crippen LogP contribution is -2.02. The van der Waals surface area contributed by atoms with Gasteiger partial charge in [-0.1, -0.05) is 82.9 Å². The molecule has 2 heteroatoms. The Kier molecular flexibility index (Phi) is 8.53. The number of nitrogens with zero attached hydrogens (tertiary/aromatic N) is 1. The monoisotopic (exact) mass is 312 g/mol. The fraction of sp³-hybridized carbons (Fsp3) is 0.571. The second kappa shape index (κ2) is 11.0. The topological polar surface area (TPSA) is 24.9 Å². The minimum Gasteiger partial charge on any atom is -0.384 e. The summed E-state index contributed by atoms with van der Waals surface area (Å²) in [5, 5.41) is 4.80. The molecular formula is C21H32N2. The van der Waals surface area contributed by atoms with Gasteiger partial charge in [-0.05, 0) is 18.6 Å². The van der Waals surface area contributed by atoms with Crippen LogP contribution in [-0.2, 0) is 0 Å². The number of para-hydroxylation sites is 1. The SMILES string of the molecule is CCCCCCCCCCCCNc1ccnc2ccccc12. The van der Waals surface area contributed by atoms with Crippen molar-refractivity contribution in [2.75, 3.05) is 11.9 Å². The van der Waals surface area contributed by atoms with Gasteiger partial charge in [0.05, 0.1) is 5.52 Å². The van der Waals surface area contributed by atoms with E-state index in [4.69, 9.17) is 0 Å². The number of pyridine rings is 1. The fourth-order valence-electron chi connectivity index (χ4n) is 3.09. The number of rotatable bonds is 12. The van der Waals surface area contributed by atoms with Gasteiger partial charge >= 0.3 is 0 Å². The van der Waals surface area contributed by atoms with Crippen LogP contribution in [-0.4, -0.2) is 11.5 Å². The first kappa shape index (κ1) is 17.8. The van der Waals surface area contributed by atoms with E-state index in [9.17, 15) is 0 Å². The normalized spacial score (nSPS) is 11.0. The summed E-state index contributed by atoms with van der Waals surface area (Å²) in [5.41, 5.74) is 2.28. The van der Waals surface area contributed by atoms with Crippen LogP contribution in [0.4, 0.5) is 5.69 Å². The Balaban J connectivity index is 1.54. The first-order chi connectivity index (χ1) is 11.4. The smallest absolute Gasteiger partial charge is 0.0722 e. The molecule has 1 aromatic carbocycles. The molecule has 2 rings (SSSR count).